The van der Waals surface area contributed by atoms with Crippen LogP contribution in [0.4, 0.5) is 4.39 Å². The van der Waals surface area contributed by atoms with Gasteiger partial charge in [0.25, 0.3) is 0 Å². The van der Waals surface area contributed by atoms with Gasteiger partial charge in [0.2, 0.25) is 5.91 Å². The second-order valence-corrected chi connectivity index (χ2v) is 7.67. The van der Waals surface area contributed by atoms with Crippen molar-refractivity contribution in [2.24, 2.45) is 5.41 Å². The average Bonchev–Trinajstić information content (AvgIpc) is 3.12. The van der Waals surface area contributed by atoms with Gasteiger partial charge in [0.05, 0.1) is 12.0 Å². The summed E-state index contributed by atoms with van der Waals surface area (Å²) in [5.74, 6) is -0.226. The zero-order valence-corrected chi connectivity index (χ0v) is 15.1. The molecule has 2 aliphatic rings. The first-order valence-electron chi connectivity index (χ1n) is 9.34. The van der Waals surface area contributed by atoms with E-state index in [-0.39, 0.29) is 17.1 Å². The van der Waals surface area contributed by atoms with Crippen LogP contribution in [-0.4, -0.2) is 39.3 Å². The molecule has 1 amide bonds. The first-order valence-corrected chi connectivity index (χ1v) is 9.34. The van der Waals surface area contributed by atoms with Gasteiger partial charge in [-0.3, -0.25) is 4.79 Å². The minimum absolute atomic E-state index is 0.00259. The van der Waals surface area contributed by atoms with Crippen molar-refractivity contribution in [2.45, 2.75) is 43.9 Å². The first-order chi connectivity index (χ1) is 12.1. The van der Waals surface area contributed by atoms with Crippen LogP contribution in [0.5, 0.6) is 0 Å². The maximum Gasteiger partial charge on any atom is 0.230 e. The summed E-state index contributed by atoms with van der Waals surface area (Å²) in [7, 11) is 1.72. The molecule has 0 unspecified atom stereocenters. The van der Waals surface area contributed by atoms with Crippen LogP contribution in [0.3, 0.4) is 0 Å². The molecule has 1 heterocycles. The van der Waals surface area contributed by atoms with Crippen molar-refractivity contribution >= 4 is 5.91 Å². The molecular formula is C20H29FN2O2. The third-order valence-corrected chi connectivity index (χ3v) is 6.01. The van der Waals surface area contributed by atoms with Crippen molar-refractivity contribution < 1.29 is 13.9 Å². The summed E-state index contributed by atoms with van der Waals surface area (Å²) in [4.78, 5) is 13.2. The topological polar surface area (TPSA) is 50.4 Å². The summed E-state index contributed by atoms with van der Waals surface area (Å²) in [6.07, 6.45) is 5.60. The quantitative estimate of drug-likeness (QED) is 0.831. The van der Waals surface area contributed by atoms with Crippen LogP contribution < -0.4 is 10.6 Å². The molecule has 1 aliphatic carbocycles. The van der Waals surface area contributed by atoms with E-state index in [1.807, 2.05) is 6.07 Å². The van der Waals surface area contributed by atoms with E-state index in [1.54, 1.807) is 13.2 Å². The molecule has 0 bridgehead atoms. The molecule has 2 N–H and O–H groups in total. The fraction of sp³-hybridized carbons (Fsp3) is 0.650. The Labute approximate surface area is 149 Å². The molecule has 1 aliphatic heterocycles. The predicted octanol–water partition coefficient (Wildman–Crippen LogP) is 2.77. The van der Waals surface area contributed by atoms with Crippen LogP contribution >= 0.6 is 0 Å². The van der Waals surface area contributed by atoms with E-state index >= 15 is 0 Å². The first kappa shape index (κ1) is 18.3. The maximum atomic E-state index is 13.7. The molecular weight excluding hydrogens is 319 g/mol. The highest BCUT2D eigenvalue weighted by molar-refractivity contribution is 5.88. The average molecular weight is 348 g/mol. The molecule has 0 atom stereocenters. The highest BCUT2D eigenvalue weighted by Gasteiger charge is 2.44. The van der Waals surface area contributed by atoms with Crippen molar-refractivity contribution in [3.63, 3.8) is 0 Å². The number of methoxy groups -OCH3 is 1. The number of halogens is 1. The van der Waals surface area contributed by atoms with Gasteiger partial charge >= 0.3 is 0 Å². The van der Waals surface area contributed by atoms with Crippen LogP contribution in [0.15, 0.2) is 24.3 Å². The third kappa shape index (κ3) is 3.87. The normalized spacial score (nSPS) is 21.8. The summed E-state index contributed by atoms with van der Waals surface area (Å²) in [6, 6.07) is 6.56. The Morgan fingerprint density at radius 2 is 1.96 bits per heavy atom. The second kappa shape index (κ2) is 7.83. The molecule has 2 fully saturated rings. The minimum atomic E-state index is -0.580. The molecule has 1 saturated heterocycles. The number of rotatable bonds is 6. The monoisotopic (exact) mass is 348 g/mol. The zero-order chi connectivity index (χ0) is 17.8. The van der Waals surface area contributed by atoms with Gasteiger partial charge in [0.1, 0.15) is 5.82 Å². The van der Waals surface area contributed by atoms with E-state index in [4.69, 9.17) is 4.74 Å². The fourth-order valence-electron chi connectivity index (χ4n) is 4.48. The van der Waals surface area contributed by atoms with E-state index in [2.05, 4.69) is 10.6 Å². The third-order valence-electron chi connectivity index (χ3n) is 6.01. The summed E-state index contributed by atoms with van der Waals surface area (Å²) in [6.45, 7) is 3.18. The summed E-state index contributed by atoms with van der Waals surface area (Å²) in [5.41, 5.74) is 0.231. The van der Waals surface area contributed by atoms with Crippen LogP contribution in [0, 0.1) is 11.2 Å². The maximum absolute atomic E-state index is 13.7. The lowest BCUT2D eigenvalue weighted by atomic mass is 9.76. The molecule has 25 heavy (non-hydrogen) atoms. The van der Waals surface area contributed by atoms with Crippen molar-refractivity contribution in [2.75, 3.05) is 33.4 Å². The van der Waals surface area contributed by atoms with Crippen molar-refractivity contribution in [1.82, 2.24) is 10.6 Å². The number of benzene rings is 1. The Hall–Kier alpha value is -1.46. The number of ether oxygens (including phenoxy) is 1. The molecule has 0 spiro atoms. The second-order valence-electron chi connectivity index (χ2n) is 7.67. The summed E-state index contributed by atoms with van der Waals surface area (Å²) >= 11 is 0. The number of piperidine rings is 1. The van der Waals surface area contributed by atoms with Gasteiger partial charge in [0.15, 0.2) is 0 Å². The van der Waals surface area contributed by atoms with Crippen molar-refractivity contribution in [3.05, 3.63) is 35.6 Å². The number of nitrogens with one attached hydrogen (secondary N) is 2. The fourth-order valence-corrected chi connectivity index (χ4v) is 4.48. The molecule has 1 saturated carbocycles. The highest BCUT2D eigenvalue weighted by Crippen LogP contribution is 2.42. The number of hydrogen-bond acceptors (Lipinski definition) is 3. The Bertz CT molecular complexity index is 588. The van der Waals surface area contributed by atoms with Gasteiger partial charge in [-0.05, 0) is 56.5 Å². The van der Waals surface area contributed by atoms with E-state index in [9.17, 15) is 9.18 Å². The number of carbonyl (C=O) groups is 1. The van der Waals surface area contributed by atoms with Crippen molar-refractivity contribution in [3.8, 4) is 0 Å². The van der Waals surface area contributed by atoms with E-state index in [1.165, 1.54) is 12.1 Å². The van der Waals surface area contributed by atoms with Gasteiger partial charge < -0.3 is 15.4 Å². The Morgan fingerprint density at radius 1 is 1.24 bits per heavy atom. The van der Waals surface area contributed by atoms with Crippen LogP contribution in [-0.2, 0) is 14.9 Å². The molecule has 4 nitrogen and oxygen atoms in total. The van der Waals surface area contributed by atoms with E-state index < -0.39 is 5.41 Å². The SMILES string of the molecule is COCC1(CNC(=O)C2(c3cccc(F)c3)CCCC2)CCNCC1. The lowest BCUT2D eigenvalue weighted by molar-refractivity contribution is -0.127. The molecule has 0 radical (unpaired) electrons. The predicted molar refractivity (Wildman–Crippen MR) is 96.0 cm³/mol. The molecule has 0 aromatic heterocycles. The van der Waals surface area contributed by atoms with Crippen LogP contribution in [0.1, 0.15) is 44.1 Å². The van der Waals surface area contributed by atoms with Gasteiger partial charge in [-0.1, -0.05) is 25.0 Å². The lowest BCUT2D eigenvalue weighted by Crippen LogP contribution is -2.51. The molecule has 5 heteroatoms. The number of hydrogen-bond donors (Lipinski definition) is 2. The molecule has 1 aromatic rings. The largest absolute Gasteiger partial charge is 0.384 e. The van der Waals surface area contributed by atoms with Crippen LogP contribution in [0.25, 0.3) is 0 Å². The lowest BCUT2D eigenvalue weighted by Gasteiger charge is -2.38. The molecule has 3 rings (SSSR count). The van der Waals surface area contributed by atoms with Gasteiger partial charge in [-0.2, -0.15) is 0 Å². The Morgan fingerprint density at radius 3 is 2.60 bits per heavy atom. The highest BCUT2D eigenvalue weighted by atomic mass is 19.1. The number of amides is 1. The standard InChI is InChI=1S/C20H29FN2O2/c1-25-15-19(9-11-22-12-10-19)14-23-18(24)20(7-2-3-8-20)16-5-4-6-17(21)13-16/h4-6,13,22H,2-3,7-12,14-15H2,1H3,(H,23,24). The van der Waals surface area contributed by atoms with E-state index in [0.29, 0.717) is 13.2 Å². The Balaban J connectivity index is 1.75. The van der Waals surface area contributed by atoms with E-state index in [0.717, 1.165) is 57.2 Å². The molecule has 1 aromatic carbocycles. The number of carbonyl (C=O) groups excluding carboxylic acids is 1. The van der Waals surface area contributed by atoms with Gasteiger partial charge in [-0.25, -0.2) is 4.39 Å². The molecule has 138 valence electrons. The zero-order valence-electron chi connectivity index (χ0n) is 15.1. The smallest absolute Gasteiger partial charge is 0.230 e. The van der Waals surface area contributed by atoms with Crippen LogP contribution in [0.2, 0.25) is 0 Å². The summed E-state index contributed by atoms with van der Waals surface area (Å²) in [5, 5.41) is 6.58. The van der Waals surface area contributed by atoms with Gasteiger partial charge in [-0.15, -0.1) is 0 Å². The minimum Gasteiger partial charge on any atom is -0.384 e. The van der Waals surface area contributed by atoms with Gasteiger partial charge in [0, 0.05) is 19.1 Å². The van der Waals surface area contributed by atoms with Crippen molar-refractivity contribution in [1.29, 1.82) is 0 Å². The summed E-state index contributed by atoms with van der Waals surface area (Å²) < 4.78 is 19.2. The Kier molecular flexibility index (Phi) is 5.74.